The Bertz CT molecular complexity index is 903. The SMILES string of the molecule is Cc1ccc(Oc2cc(C(F)(F)F)ccc2C(=O)NC2=CCNC=C2)cn1. The predicted molar refractivity (Wildman–Crippen MR) is 93.2 cm³/mol. The number of hydrogen-bond acceptors (Lipinski definition) is 4. The van der Waals surface area contributed by atoms with Crippen LogP contribution in [0.25, 0.3) is 0 Å². The maximum Gasteiger partial charge on any atom is 0.416 e. The summed E-state index contributed by atoms with van der Waals surface area (Å²) >= 11 is 0. The molecular weight excluding hydrogens is 359 g/mol. The van der Waals surface area contributed by atoms with Gasteiger partial charge in [0.05, 0.1) is 17.3 Å². The Labute approximate surface area is 153 Å². The molecule has 2 heterocycles. The van der Waals surface area contributed by atoms with Gasteiger partial charge in [-0.1, -0.05) is 0 Å². The second-order valence-corrected chi connectivity index (χ2v) is 5.80. The number of aryl methyl sites for hydroxylation is 1. The van der Waals surface area contributed by atoms with E-state index in [9.17, 15) is 18.0 Å². The van der Waals surface area contributed by atoms with Crippen molar-refractivity contribution in [3.05, 3.63) is 77.4 Å². The lowest BCUT2D eigenvalue weighted by atomic mass is 10.1. The van der Waals surface area contributed by atoms with Crippen LogP contribution in [0.5, 0.6) is 11.5 Å². The highest BCUT2D eigenvalue weighted by Gasteiger charge is 2.32. The smallest absolute Gasteiger partial charge is 0.416 e. The number of aromatic nitrogens is 1. The molecule has 8 heteroatoms. The highest BCUT2D eigenvalue weighted by Crippen LogP contribution is 2.35. The zero-order chi connectivity index (χ0) is 19.4. The van der Waals surface area contributed by atoms with E-state index in [0.29, 0.717) is 12.2 Å². The molecule has 2 N–H and O–H groups in total. The van der Waals surface area contributed by atoms with Crippen LogP contribution in [0.3, 0.4) is 0 Å². The number of alkyl halides is 3. The van der Waals surface area contributed by atoms with Gasteiger partial charge in [0, 0.05) is 17.9 Å². The first-order chi connectivity index (χ1) is 12.8. The molecule has 140 valence electrons. The van der Waals surface area contributed by atoms with Gasteiger partial charge in [-0.3, -0.25) is 9.78 Å². The van der Waals surface area contributed by atoms with E-state index in [-0.39, 0.29) is 17.1 Å². The van der Waals surface area contributed by atoms with Crippen molar-refractivity contribution < 1.29 is 22.7 Å². The van der Waals surface area contributed by atoms with Crippen LogP contribution >= 0.6 is 0 Å². The van der Waals surface area contributed by atoms with Crippen LogP contribution in [-0.4, -0.2) is 17.4 Å². The van der Waals surface area contributed by atoms with Crippen molar-refractivity contribution in [1.82, 2.24) is 15.6 Å². The number of nitrogens with zero attached hydrogens (tertiary/aromatic N) is 1. The number of benzene rings is 1. The van der Waals surface area contributed by atoms with Gasteiger partial charge in [-0.25, -0.2) is 0 Å². The van der Waals surface area contributed by atoms with Gasteiger partial charge in [0.25, 0.3) is 5.91 Å². The summed E-state index contributed by atoms with van der Waals surface area (Å²) in [4.78, 5) is 16.6. The van der Waals surface area contributed by atoms with Crippen molar-refractivity contribution in [1.29, 1.82) is 0 Å². The van der Waals surface area contributed by atoms with Gasteiger partial charge in [0.15, 0.2) is 0 Å². The lowest BCUT2D eigenvalue weighted by Crippen LogP contribution is -2.25. The summed E-state index contributed by atoms with van der Waals surface area (Å²) in [5.74, 6) is -0.543. The number of ether oxygens (including phenoxy) is 1. The van der Waals surface area contributed by atoms with Crippen molar-refractivity contribution in [2.45, 2.75) is 13.1 Å². The fraction of sp³-hybridized carbons (Fsp3) is 0.158. The molecule has 1 amide bonds. The lowest BCUT2D eigenvalue weighted by Gasteiger charge is -2.15. The lowest BCUT2D eigenvalue weighted by molar-refractivity contribution is -0.137. The highest BCUT2D eigenvalue weighted by atomic mass is 19.4. The third-order valence-corrected chi connectivity index (χ3v) is 3.74. The molecule has 5 nitrogen and oxygen atoms in total. The molecule has 0 atom stereocenters. The molecular formula is C19H16F3N3O2. The van der Waals surface area contributed by atoms with E-state index in [1.165, 1.54) is 6.20 Å². The van der Waals surface area contributed by atoms with Crippen molar-refractivity contribution in [3.63, 3.8) is 0 Å². The zero-order valence-corrected chi connectivity index (χ0v) is 14.3. The topological polar surface area (TPSA) is 63.2 Å². The Hall–Kier alpha value is -3.29. The number of rotatable bonds is 4. The highest BCUT2D eigenvalue weighted by molar-refractivity contribution is 5.98. The molecule has 27 heavy (non-hydrogen) atoms. The van der Waals surface area contributed by atoms with E-state index in [4.69, 9.17) is 4.74 Å². The summed E-state index contributed by atoms with van der Waals surface area (Å²) in [7, 11) is 0. The van der Waals surface area contributed by atoms with Crippen LogP contribution in [0, 0.1) is 6.92 Å². The number of pyridine rings is 1. The largest absolute Gasteiger partial charge is 0.455 e. The minimum absolute atomic E-state index is 0.0172. The van der Waals surface area contributed by atoms with E-state index >= 15 is 0 Å². The molecule has 0 radical (unpaired) electrons. The van der Waals surface area contributed by atoms with Crippen LogP contribution in [0.2, 0.25) is 0 Å². The molecule has 2 aromatic rings. The maximum atomic E-state index is 13.1. The van der Waals surface area contributed by atoms with Crippen LogP contribution in [0.15, 0.2) is 60.6 Å². The monoisotopic (exact) mass is 375 g/mol. The zero-order valence-electron chi connectivity index (χ0n) is 14.3. The second-order valence-electron chi connectivity index (χ2n) is 5.80. The van der Waals surface area contributed by atoms with Crippen LogP contribution in [0.1, 0.15) is 21.6 Å². The number of dihydropyridines is 1. The second kappa shape index (κ2) is 7.53. The van der Waals surface area contributed by atoms with Gasteiger partial charge >= 0.3 is 6.18 Å². The number of halogens is 3. The fourth-order valence-corrected chi connectivity index (χ4v) is 2.36. The summed E-state index contributed by atoms with van der Waals surface area (Å²) in [6.07, 6.45) is 1.88. The first-order valence-corrected chi connectivity index (χ1v) is 8.06. The van der Waals surface area contributed by atoms with Crippen LogP contribution < -0.4 is 15.4 Å². The Morgan fingerprint density at radius 3 is 2.70 bits per heavy atom. The quantitative estimate of drug-likeness (QED) is 0.850. The molecule has 1 aliphatic rings. The van der Waals surface area contributed by atoms with Crippen LogP contribution in [-0.2, 0) is 6.18 Å². The van der Waals surface area contributed by atoms with Gasteiger partial charge in [0.2, 0.25) is 0 Å². The third-order valence-electron chi connectivity index (χ3n) is 3.74. The fourth-order valence-electron chi connectivity index (χ4n) is 2.36. The van der Waals surface area contributed by atoms with E-state index in [0.717, 1.165) is 23.9 Å². The van der Waals surface area contributed by atoms with Gasteiger partial charge in [0.1, 0.15) is 11.5 Å². The Kier molecular flexibility index (Phi) is 5.16. The van der Waals surface area contributed by atoms with Gasteiger partial charge in [-0.15, -0.1) is 0 Å². The van der Waals surface area contributed by atoms with Crippen molar-refractivity contribution in [2.75, 3.05) is 6.54 Å². The first-order valence-electron chi connectivity index (χ1n) is 8.06. The minimum Gasteiger partial charge on any atom is -0.455 e. The minimum atomic E-state index is -4.56. The summed E-state index contributed by atoms with van der Waals surface area (Å²) in [5, 5.41) is 5.58. The van der Waals surface area contributed by atoms with Crippen molar-refractivity contribution in [3.8, 4) is 11.5 Å². The number of nitrogens with one attached hydrogen (secondary N) is 2. The first kappa shape index (κ1) is 18.5. The number of allylic oxidation sites excluding steroid dienone is 1. The van der Waals surface area contributed by atoms with E-state index < -0.39 is 17.6 Å². The molecule has 1 aliphatic heterocycles. The van der Waals surface area contributed by atoms with Gasteiger partial charge in [-0.2, -0.15) is 13.2 Å². The van der Waals surface area contributed by atoms with E-state index in [2.05, 4.69) is 15.6 Å². The Morgan fingerprint density at radius 1 is 1.26 bits per heavy atom. The predicted octanol–water partition coefficient (Wildman–Crippen LogP) is 3.93. The van der Waals surface area contributed by atoms with E-state index in [1.807, 2.05) is 0 Å². The molecule has 0 saturated heterocycles. The third kappa shape index (κ3) is 4.66. The molecule has 0 unspecified atom stereocenters. The standard InChI is InChI=1S/C19H16F3N3O2/c1-12-2-4-15(11-24-12)27-17-10-13(19(20,21)22)3-5-16(17)18(26)25-14-6-8-23-9-7-14/h2-8,10-11,23H,9H2,1H3,(H,25,26). The average Bonchev–Trinajstić information content (AvgIpc) is 2.63. The van der Waals surface area contributed by atoms with Crippen LogP contribution in [0.4, 0.5) is 13.2 Å². The average molecular weight is 375 g/mol. The molecule has 0 saturated carbocycles. The molecule has 3 rings (SSSR count). The summed E-state index contributed by atoms with van der Waals surface area (Å²) < 4.78 is 44.8. The molecule has 1 aromatic carbocycles. The summed E-state index contributed by atoms with van der Waals surface area (Å²) in [6.45, 7) is 2.31. The molecule has 1 aromatic heterocycles. The summed E-state index contributed by atoms with van der Waals surface area (Å²) in [5.41, 5.74) is 0.349. The number of carbonyl (C=O) groups excluding carboxylic acids is 1. The van der Waals surface area contributed by atoms with Crippen molar-refractivity contribution >= 4 is 5.91 Å². The number of amides is 1. The van der Waals surface area contributed by atoms with E-state index in [1.54, 1.807) is 37.4 Å². The van der Waals surface area contributed by atoms with Crippen molar-refractivity contribution in [2.24, 2.45) is 0 Å². The summed E-state index contributed by atoms with van der Waals surface area (Å²) in [6, 6.07) is 5.99. The molecule has 0 spiro atoms. The maximum absolute atomic E-state index is 13.1. The Balaban J connectivity index is 1.93. The van der Waals surface area contributed by atoms with Gasteiger partial charge in [-0.05, 0) is 55.6 Å². The number of carbonyl (C=O) groups is 1. The normalized spacial score (nSPS) is 13.6. The molecule has 0 fully saturated rings. The van der Waals surface area contributed by atoms with Gasteiger partial charge < -0.3 is 15.4 Å². The molecule has 0 bridgehead atoms. The Morgan fingerprint density at radius 2 is 2.07 bits per heavy atom. The number of hydrogen-bond donors (Lipinski definition) is 2. The molecule has 0 aliphatic carbocycles.